The standard InChI is InChI=1S/C20H22O4S/c21-20(13-18-7-4-8-19(14-20)25(18,22)23)15-9-11-17(12-10-15)24-16-5-2-1-3-6-16/h1-3,5-6,9-12,18-19,21H,4,7-8,13-14H2. The highest BCUT2D eigenvalue weighted by Crippen LogP contribution is 2.46. The Bertz CT molecular complexity index is 823. The smallest absolute Gasteiger partial charge is 0.156 e. The lowest BCUT2D eigenvalue weighted by molar-refractivity contribution is 0.00498. The Morgan fingerprint density at radius 2 is 1.44 bits per heavy atom. The average molecular weight is 358 g/mol. The van der Waals surface area contributed by atoms with E-state index in [4.69, 9.17) is 4.74 Å². The van der Waals surface area contributed by atoms with Crippen LogP contribution in [0.4, 0.5) is 0 Å². The van der Waals surface area contributed by atoms with Gasteiger partial charge in [0.2, 0.25) is 0 Å². The molecule has 2 heterocycles. The van der Waals surface area contributed by atoms with Gasteiger partial charge in [0, 0.05) is 0 Å². The molecule has 2 atom stereocenters. The van der Waals surface area contributed by atoms with Crippen molar-refractivity contribution in [3.05, 3.63) is 60.2 Å². The molecule has 2 unspecified atom stereocenters. The second-order valence-electron chi connectivity index (χ2n) is 7.14. The Morgan fingerprint density at radius 3 is 2.04 bits per heavy atom. The van der Waals surface area contributed by atoms with Gasteiger partial charge in [0.25, 0.3) is 0 Å². The van der Waals surface area contributed by atoms with Crippen molar-refractivity contribution in [3.8, 4) is 11.5 Å². The van der Waals surface area contributed by atoms with Crippen molar-refractivity contribution >= 4 is 9.84 Å². The summed E-state index contributed by atoms with van der Waals surface area (Å²) in [4.78, 5) is 0. The summed E-state index contributed by atoms with van der Waals surface area (Å²) < 4.78 is 30.7. The number of ether oxygens (including phenoxy) is 1. The van der Waals surface area contributed by atoms with Crippen LogP contribution in [-0.4, -0.2) is 24.0 Å². The number of benzene rings is 2. The molecule has 2 aliphatic rings. The van der Waals surface area contributed by atoms with Crippen molar-refractivity contribution in [2.45, 2.75) is 48.2 Å². The first-order valence-corrected chi connectivity index (χ1v) is 10.4. The Labute approximate surface area is 148 Å². The molecule has 2 aromatic carbocycles. The third kappa shape index (κ3) is 3.07. The topological polar surface area (TPSA) is 63.6 Å². The summed E-state index contributed by atoms with van der Waals surface area (Å²) >= 11 is 0. The maximum absolute atomic E-state index is 12.4. The summed E-state index contributed by atoms with van der Waals surface area (Å²) in [6, 6.07) is 16.9. The van der Waals surface area contributed by atoms with Crippen LogP contribution in [0.25, 0.3) is 0 Å². The summed E-state index contributed by atoms with van der Waals surface area (Å²) in [5.74, 6) is 1.45. The number of para-hydroxylation sites is 1. The molecular formula is C20H22O4S. The first-order valence-electron chi connectivity index (χ1n) is 8.76. The van der Waals surface area contributed by atoms with Crippen molar-refractivity contribution in [2.24, 2.45) is 0 Å². The molecule has 2 aliphatic heterocycles. The summed E-state index contributed by atoms with van der Waals surface area (Å²) in [5.41, 5.74) is -0.286. The molecule has 1 N–H and O–H groups in total. The second-order valence-corrected chi connectivity index (χ2v) is 9.65. The molecule has 2 aromatic rings. The molecule has 0 amide bonds. The quantitative estimate of drug-likeness (QED) is 0.906. The largest absolute Gasteiger partial charge is 0.457 e. The monoisotopic (exact) mass is 358 g/mol. The van der Waals surface area contributed by atoms with E-state index in [0.29, 0.717) is 31.4 Å². The van der Waals surface area contributed by atoms with E-state index in [1.165, 1.54) is 0 Å². The SMILES string of the molecule is O=S1(=O)C2CCCC1CC(O)(c1ccc(Oc3ccccc3)cc1)C2. The van der Waals surface area contributed by atoms with Crippen molar-refractivity contribution < 1.29 is 18.3 Å². The third-order valence-corrected chi connectivity index (χ3v) is 8.15. The lowest BCUT2D eigenvalue weighted by Crippen LogP contribution is -2.50. The Kier molecular flexibility index (Phi) is 4.08. The molecule has 2 bridgehead atoms. The summed E-state index contributed by atoms with van der Waals surface area (Å²) in [6.07, 6.45) is 2.86. The molecular weight excluding hydrogens is 336 g/mol. The van der Waals surface area contributed by atoms with Crippen LogP contribution in [0.5, 0.6) is 11.5 Å². The van der Waals surface area contributed by atoms with Crippen LogP contribution >= 0.6 is 0 Å². The molecule has 5 heteroatoms. The highest BCUT2D eigenvalue weighted by atomic mass is 32.2. The molecule has 4 nitrogen and oxygen atoms in total. The van der Waals surface area contributed by atoms with E-state index in [9.17, 15) is 13.5 Å². The minimum Gasteiger partial charge on any atom is -0.457 e. The highest BCUT2D eigenvalue weighted by molar-refractivity contribution is 7.92. The molecule has 0 aliphatic carbocycles. The van der Waals surface area contributed by atoms with E-state index in [0.717, 1.165) is 17.7 Å². The number of hydrogen-bond donors (Lipinski definition) is 1. The number of aliphatic hydroxyl groups is 1. The van der Waals surface area contributed by atoms with Crippen molar-refractivity contribution in [3.63, 3.8) is 0 Å². The predicted molar refractivity (Wildman–Crippen MR) is 96.4 cm³/mol. The normalized spacial score (nSPS) is 30.6. The summed E-state index contributed by atoms with van der Waals surface area (Å²) in [7, 11) is -3.08. The van der Waals surface area contributed by atoms with Crippen molar-refractivity contribution in [1.29, 1.82) is 0 Å². The van der Waals surface area contributed by atoms with E-state index in [1.54, 1.807) is 0 Å². The molecule has 0 saturated carbocycles. The number of hydrogen-bond acceptors (Lipinski definition) is 4. The maximum Gasteiger partial charge on any atom is 0.156 e. The van der Waals surface area contributed by atoms with E-state index in [2.05, 4.69) is 0 Å². The molecule has 4 rings (SSSR count). The fraction of sp³-hybridized carbons (Fsp3) is 0.400. The van der Waals surface area contributed by atoms with Crippen LogP contribution in [0.1, 0.15) is 37.7 Å². The van der Waals surface area contributed by atoms with Gasteiger partial charge in [-0.05, 0) is 55.5 Å². The van der Waals surface area contributed by atoms with Gasteiger partial charge >= 0.3 is 0 Å². The zero-order valence-corrected chi connectivity index (χ0v) is 14.8. The van der Waals surface area contributed by atoms with Crippen LogP contribution < -0.4 is 4.74 Å². The molecule has 25 heavy (non-hydrogen) atoms. The fourth-order valence-electron chi connectivity index (χ4n) is 4.14. The van der Waals surface area contributed by atoms with Crippen LogP contribution in [0, 0.1) is 0 Å². The molecule has 132 valence electrons. The van der Waals surface area contributed by atoms with Gasteiger partial charge in [-0.25, -0.2) is 8.42 Å². The Balaban J connectivity index is 1.56. The zero-order valence-electron chi connectivity index (χ0n) is 14.0. The first kappa shape index (κ1) is 16.6. The first-order chi connectivity index (χ1) is 12.0. The molecule has 0 radical (unpaired) electrons. The average Bonchev–Trinajstić information content (AvgIpc) is 2.58. The molecule has 0 spiro atoms. The zero-order chi connectivity index (χ0) is 17.5. The third-order valence-electron chi connectivity index (χ3n) is 5.48. The Hall–Kier alpha value is -1.85. The second kappa shape index (κ2) is 6.15. The van der Waals surface area contributed by atoms with Gasteiger partial charge in [-0.2, -0.15) is 0 Å². The maximum atomic E-state index is 12.4. The highest BCUT2D eigenvalue weighted by Gasteiger charge is 2.50. The van der Waals surface area contributed by atoms with E-state index in [1.807, 2.05) is 54.6 Å². The van der Waals surface area contributed by atoms with Gasteiger partial charge in [-0.1, -0.05) is 36.8 Å². The minimum atomic E-state index is -3.08. The fourth-order valence-corrected chi connectivity index (χ4v) is 6.69. The Morgan fingerprint density at radius 1 is 0.880 bits per heavy atom. The number of fused-ring (bicyclic) bond motifs is 2. The number of sulfone groups is 1. The van der Waals surface area contributed by atoms with Gasteiger partial charge in [0.1, 0.15) is 11.5 Å². The van der Waals surface area contributed by atoms with Crippen LogP contribution in [0.2, 0.25) is 0 Å². The lowest BCUT2D eigenvalue weighted by atomic mass is 9.80. The summed E-state index contributed by atoms with van der Waals surface area (Å²) in [5, 5.41) is 10.3. The van der Waals surface area contributed by atoms with Gasteiger partial charge in [0.05, 0.1) is 16.1 Å². The molecule has 0 aromatic heterocycles. The summed E-state index contributed by atoms with van der Waals surface area (Å²) in [6.45, 7) is 0. The number of rotatable bonds is 3. The minimum absolute atomic E-state index is 0.296. The van der Waals surface area contributed by atoms with Crippen molar-refractivity contribution in [1.82, 2.24) is 0 Å². The van der Waals surface area contributed by atoms with E-state index >= 15 is 0 Å². The van der Waals surface area contributed by atoms with Gasteiger partial charge in [0.15, 0.2) is 9.84 Å². The van der Waals surface area contributed by atoms with E-state index in [-0.39, 0.29) is 0 Å². The van der Waals surface area contributed by atoms with Gasteiger partial charge < -0.3 is 9.84 Å². The molecule has 2 fully saturated rings. The molecule has 2 saturated heterocycles. The lowest BCUT2D eigenvalue weighted by Gasteiger charge is -2.44. The van der Waals surface area contributed by atoms with Crippen LogP contribution in [0.15, 0.2) is 54.6 Å². The van der Waals surface area contributed by atoms with Crippen LogP contribution in [-0.2, 0) is 15.4 Å². The van der Waals surface area contributed by atoms with Gasteiger partial charge in [-0.15, -0.1) is 0 Å². The van der Waals surface area contributed by atoms with Crippen LogP contribution in [0.3, 0.4) is 0 Å². The van der Waals surface area contributed by atoms with Gasteiger partial charge in [-0.3, -0.25) is 0 Å². The van der Waals surface area contributed by atoms with E-state index < -0.39 is 25.9 Å². The predicted octanol–water partition coefficient (Wildman–Crippen LogP) is 3.80. The van der Waals surface area contributed by atoms with Crippen molar-refractivity contribution in [2.75, 3.05) is 0 Å².